The summed E-state index contributed by atoms with van der Waals surface area (Å²) in [6.07, 6.45) is -0.162. The van der Waals surface area contributed by atoms with E-state index in [9.17, 15) is 9.59 Å². The topological polar surface area (TPSA) is 52.6 Å². The van der Waals surface area contributed by atoms with E-state index < -0.39 is 17.4 Å². The quantitative estimate of drug-likeness (QED) is 0.420. The van der Waals surface area contributed by atoms with Crippen molar-refractivity contribution in [1.29, 1.82) is 0 Å². The molecule has 2 rings (SSSR count). The van der Waals surface area contributed by atoms with E-state index >= 15 is 0 Å². The Morgan fingerprint density at radius 1 is 1.07 bits per heavy atom. The molecule has 2 atom stereocenters. The molecule has 0 aromatic heterocycles. The van der Waals surface area contributed by atoms with Gasteiger partial charge in [-0.1, -0.05) is 0 Å². The van der Waals surface area contributed by atoms with Gasteiger partial charge in [-0.05, 0) is 0 Å². The molecule has 1 spiro atoms. The van der Waals surface area contributed by atoms with Crippen LogP contribution in [0.2, 0.25) is 0 Å². The molecule has 4 nitrogen and oxygen atoms in total. The first-order chi connectivity index (χ1) is 7.12. The Kier molecular flexibility index (Phi) is 2.81. The van der Waals surface area contributed by atoms with Crippen LogP contribution in [0.3, 0.4) is 0 Å². The predicted octanol–water partition coefficient (Wildman–Crippen LogP) is 1.08. The number of hydrogen-bond acceptors (Lipinski definition) is 4. The number of alkyl halides is 2. The van der Waals surface area contributed by atoms with Gasteiger partial charge < -0.3 is 9.47 Å². The summed E-state index contributed by atoms with van der Waals surface area (Å²) in [6, 6.07) is 0. The van der Waals surface area contributed by atoms with Gasteiger partial charge >= 0.3 is 11.9 Å². The average Bonchev–Trinajstić information content (AvgIpc) is 2.71. The standard InChI is InChI=1S/C9H10Cl2O4/c10-3-5-1-9(7(12)14-5)2-6(4-11)15-8(9)13/h5-6H,1-4H2. The van der Waals surface area contributed by atoms with Crippen molar-refractivity contribution in [2.24, 2.45) is 5.41 Å². The van der Waals surface area contributed by atoms with Crippen LogP contribution in [0.15, 0.2) is 0 Å². The third-order valence-corrected chi connectivity index (χ3v) is 3.51. The summed E-state index contributed by atoms with van der Waals surface area (Å²) in [6.45, 7) is 0. The van der Waals surface area contributed by atoms with E-state index in [1.54, 1.807) is 0 Å². The number of esters is 2. The minimum atomic E-state index is -1.14. The van der Waals surface area contributed by atoms with Gasteiger partial charge in [-0.3, -0.25) is 9.59 Å². The first-order valence-electron chi connectivity index (χ1n) is 4.66. The fourth-order valence-corrected chi connectivity index (χ4v) is 2.41. The molecule has 0 N–H and O–H groups in total. The third-order valence-electron chi connectivity index (χ3n) is 2.83. The molecule has 0 aromatic rings. The highest BCUT2D eigenvalue weighted by Crippen LogP contribution is 2.45. The number of hydrogen-bond donors (Lipinski definition) is 0. The Labute approximate surface area is 96.8 Å². The lowest BCUT2D eigenvalue weighted by atomic mass is 9.82. The van der Waals surface area contributed by atoms with E-state index in [2.05, 4.69) is 0 Å². The van der Waals surface area contributed by atoms with E-state index in [0.717, 1.165) is 0 Å². The minimum absolute atomic E-state index is 0.201. The van der Waals surface area contributed by atoms with Crippen LogP contribution in [0.1, 0.15) is 12.8 Å². The SMILES string of the molecule is O=C1OC(CCl)CC12CC(CCl)OC2=O. The van der Waals surface area contributed by atoms with Gasteiger partial charge in [0, 0.05) is 12.8 Å². The van der Waals surface area contributed by atoms with Crippen LogP contribution in [0.4, 0.5) is 0 Å². The number of carbonyl (C=O) groups excluding carboxylic acids is 2. The summed E-state index contributed by atoms with van der Waals surface area (Å²) >= 11 is 11.2. The van der Waals surface area contributed by atoms with Crippen LogP contribution >= 0.6 is 23.2 Å². The Balaban J connectivity index is 2.20. The number of carbonyl (C=O) groups is 2. The maximum atomic E-state index is 11.6. The first-order valence-corrected chi connectivity index (χ1v) is 5.73. The Morgan fingerprint density at radius 3 is 1.73 bits per heavy atom. The van der Waals surface area contributed by atoms with Gasteiger partial charge in [-0.25, -0.2) is 0 Å². The van der Waals surface area contributed by atoms with Crippen molar-refractivity contribution in [3.8, 4) is 0 Å². The van der Waals surface area contributed by atoms with Crippen LogP contribution in [0.5, 0.6) is 0 Å². The average molecular weight is 253 g/mol. The molecule has 2 fully saturated rings. The molecular formula is C9H10Cl2O4. The monoisotopic (exact) mass is 252 g/mol. The molecule has 0 radical (unpaired) electrons. The molecule has 0 bridgehead atoms. The van der Waals surface area contributed by atoms with Gasteiger partial charge in [0.05, 0.1) is 11.8 Å². The van der Waals surface area contributed by atoms with Gasteiger partial charge in [0.25, 0.3) is 0 Å². The van der Waals surface area contributed by atoms with Gasteiger partial charge in [-0.15, -0.1) is 23.2 Å². The summed E-state index contributed by atoms with van der Waals surface area (Å²) in [5.74, 6) is -0.643. The lowest BCUT2D eigenvalue weighted by Gasteiger charge is -2.10. The van der Waals surface area contributed by atoms with Crippen LogP contribution in [-0.4, -0.2) is 35.9 Å². The fourth-order valence-electron chi connectivity index (χ4n) is 2.06. The van der Waals surface area contributed by atoms with Crippen molar-refractivity contribution >= 4 is 35.1 Å². The van der Waals surface area contributed by atoms with Crippen molar-refractivity contribution in [3.63, 3.8) is 0 Å². The summed E-state index contributed by atoms with van der Waals surface area (Å²) < 4.78 is 9.99. The molecule has 15 heavy (non-hydrogen) atoms. The third kappa shape index (κ3) is 1.60. The van der Waals surface area contributed by atoms with Crippen LogP contribution in [0, 0.1) is 5.41 Å². The highest BCUT2D eigenvalue weighted by Gasteiger charge is 2.61. The molecule has 0 aliphatic carbocycles. The summed E-state index contributed by atoms with van der Waals surface area (Å²) in [5.41, 5.74) is -1.14. The maximum absolute atomic E-state index is 11.6. The summed E-state index contributed by atoms with van der Waals surface area (Å²) in [5, 5.41) is 0. The van der Waals surface area contributed by atoms with Crippen molar-refractivity contribution in [2.45, 2.75) is 25.0 Å². The van der Waals surface area contributed by atoms with Gasteiger partial charge in [0.15, 0.2) is 5.41 Å². The number of halogens is 2. The zero-order valence-corrected chi connectivity index (χ0v) is 9.38. The van der Waals surface area contributed by atoms with Crippen molar-refractivity contribution < 1.29 is 19.1 Å². The highest BCUT2D eigenvalue weighted by atomic mass is 35.5. The Morgan fingerprint density at radius 2 is 1.47 bits per heavy atom. The molecular weight excluding hydrogens is 243 g/mol. The molecule has 2 aliphatic heterocycles. The predicted molar refractivity (Wildman–Crippen MR) is 52.9 cm³/mol. The molecule has 2 saturated heterocycles. The molecule has 2 aliphatic rings. The lowest BCUT2D eigenvalue weighted by Crippen LogP contribution is -2.31. The van der Waals surface area contributed by atoms with Crippen molar-refractivity contribution in [3.05, 3.63) is 0 Å². The van der Waals surface area contributed by atoms with E-state index in [1.165, 1.54) is 0 Å². The molecule has 0 amide bonds. The van der Waals surface area contributed by atoms with E-state index in [0.29, 0.717) is 12.8 Å². The summed E-state index contributed by atoms with van der Waals surface area (Å²) in [7, 11) is 0. The summed E-state index contributed by atoms with van der Waals surface area (Å²) in [4.78, 5) is 23.2. The largest absolute Gasteiger partial charge is 0.460 e. The van der Waals surface area contributed by atoms with Gasteiger partial charge in [-0.2, -0.15) is 0 Å². The second-order valence-corrected chi connectivity index (χ2v) is 4.47. The van der Waals surface area contributed by atoms with Gasteiger partial charge in [0.1, 0.15) is 12.2 Å². The Hall–Kier alpha value is -0.480. The first kappa shape index (κ1) is 11.0. The second kappa shape index (κ2) is 3.83. The van der Waals surface area contributed by atoms with Crippen LogP contribution in [0.25, 0.3) is 0 Å². The number of ether oxygens (including phenoxy) is 2. The zero-order chi connectivity index (χ0) is 11.1. The van der Waals surface area contributed by atoms with Crippen molar-refractivity contribution in [1.82, 2.24) is 0 Å². The van der Waals surface area contributed by atoms with E-state index in [-0.39, 0.29) is 24.0 Å². The fraction of sp³-hybridized carbons (Fsp3) is 0.778. The molecule has 6 heteroatoms. The maximum Gasteiger partial charge on any atom is 0.324 e. The minimum Gasteiger partial charge on any atom is -0.460 e. The molecule has 0 aromatic carbocycles. The van der Waals surface area contributed by atoms with E-state index in [1.807, 2.05) is 0 Å². The number of cyclic esters (lactones) is 2. The second-order valence-electron chi connectivity index (χ2n) is 3.85. The molecule has 0 saturated carbocycles. The zero-order valence-electron chi connectivity index (χ0n) is 7.87. The molecule has 2 heterocycles. The van der Waals surface area contributed by atoms with Gasteiger partial charge in [0.2, 0.25) is 0 Å². The Bertz CT molecular complexity index is 274. The molecule has 84 valence electrons. The molecule has 2 unspecified atom stereocenters. The highest BCUT2D eigenvalue weighted by molar-refractivity contribution is 6.19. The van der Waals surface area contributed by atoms with Crippen LogP contribution < -0.4 is 0 Å². The van der Waals surface area contributed by atoms with Crippen molar-refractivity contribution in [2.75, 3.05) is 11.8 Å². The van der Waals surface area contributed by atoms with E-state index in [4.69, 9.17) is 32.7 Å². The lowest BCUT2D eigenvalue weighted by molar-refractivity contribution is -0.158. The van der Waals surface area contributed by atoms with Crippen LogP contribution in [-0.2, 0) is 19.1 Å². The smallest absolute Gasteiger partial charge is 0.324 e. The normalized spacial score (nSPS) is 39.6. The number of rotatable bonds is 2.